The minimum Gasteiger partial charge on any atom is -0.310 e. The van der Waals surface area contributed by atoms with Crippen LogP contribution >= 0.6 is 0 Å². The highest BCUT2D eigenvalue weighted by Gasteiger charge is 2.53. The molecule has 3 aliphatic rings. The third-order valence-corrected chi connectivity index (χ3v) is 13.5. The normalized spacial score (nSPS) is 13.0. The fourth-order valence-corrected chi connectivity index (χ4v) is 11.0. The Bertz CT molecular complexity index is 3330. The van der Waals surface area contributed by atoms with E-state index in [2.05, 4.69) is 143 Å². The molecule has 0 fully saturated rings. The van der Waals surface area contributed by atoms with Crippen LogP contribution < -0.4 is 9.80 Å². The zero-order valence-corrected chi connectivity index (χ0v) is 33.9. The first-order valence-corrected chi connectivity index (χ1v) is 21.4. The fraction of sp³-hybridized carbons (Fsp3) is 0.0169. The Kier molecular flexibility index (Phi) is 7.62. The van der Waals surface area contributed by atoms with E-state index in [-0.39, 0.29) is 11.6 Å². The topological polar surface area (TPSA) is 6.48 Å². The summed E-state index contributed by atoms with van der Waals surface area (Å²) in [5.41, 5.74) is 19.6. The average Bonchev–Trinajstić information content (AvgIpc) is 3.93. The second-order valence-corrected chi connectivity index (χ2v) is 16.7. The minimum atomic E-state index is -0.739. The maximum atomic E-state index is 14.5. The van der Waals surface area contributed by atoms with Gasteiger partial charge >= 0.3 is 0 Å². The summed E-state index contributed by atoms with van der Waals surface area (Å²) in [6.45, 7) is 0. The molecule has 0 bridgehead atoms. The van der Waals surface area contributed by atoms with E-state index in [1.807, 2.05) is 60.7 Å². The largest absolute Gasteiger partial charge is 0.310 e. The van der Waals surface area contributed by atoms with Crippen molar-refractivity contribution in [3.63, 3.8) is 0 Å². The molecule has 10 aromatic rings. The lowest BCUT2D eigenvalue weighted by molar-refractivity contribution is 0.627. The smallest absolute Gasteiger partial charge is 0.123 e. The molecule has 2 nitrogen and oxygen atoms in total. The van der Waals surface area contributed by atoms with Gasteiger partial charge in [-0.15, -0.1) is 0 Å². The first-order chi connectivity index (χ1) is 31.1. The predicted octanol–water partition coefficient (Wildman–Crippen LogP) is 16.0. The number of benzene rings is 10. The summed E-state index contributed by atoms with van der Waals surface area (Å²) in [6, 6.07) is 74.9. The van der Waals surface area contributed by atoms with E-state index in [4.69, 9.17) is 0 Å². The lowest BCUT2D eigenvalue weighted by atomic mass is 9.70. The molecule has 0 radical (unpaired) electrons. The highest BCUT2D eigenvalue weighted by Crippen LogP contribution is 2.66. The first-order valence-electron chi connectivity index (χ1n) is 21.4. The molecule has 296 valence electrons. The van der Waals surface area contributed by atoms with Crippen molar-refractivity contribution in [1.82, 2.24) is 0 Å². The van der Waals surface area contributed by atoms with Crippen LogP contribution in [0.1, 0.15) is 22.3 Å². The number of hydrogen-bond acceptors (Lipinski definition) is 2. The van der Waals surface area contributed by atoms with Crippen LogP contribution in [0.15, 0.2) is 218 Å². The van der Waals surface area contributed by atoms with Gasteiger partial charge in [-0.2, -0.15) is 0 Å². The standard InChI is InChI=1S/C59H36F2N2/c60-37-22-26-41(27-23-37)62(39-12-3-1-4-13-39)43-30-32-47-48-33-31-44(63(40-14-5-2-6-15-40)42-28-24-38(61)25-29-42)35-55(48)59(54(47)34-43)53-21-10-9-18-50(53)58-51-20-11-19-49-45-16-7-8-17-46(45)52(57(49)51)36-56(58)59/h1-36H. The molecule has 0 aromatic heterocycles. The summed E-state index contributed by atoms with van der Waals surface area (Å²) in [5, 5.41) is 2.54. The van der Waals surface area contributed by atoms with Crippen LogP contribution in [0.2, 0.25) is 0 Å². The maximum Gasteiger partial charge on any atom is 0.123 e. The Hall–Kier alpha value is -8.08. The number of nitrogens with zero attached hydrogens (tertiary/aromatic N) is 2. The second-order valence-electron chi connectivity index (χ2n) is 16.7. The van der Waals surface area contributed by atoms with Gasteiger partial charge in [0.25, 0.3) is 0 Å². The average molecular weight is 811 g/mol. The van der Waals surface area contributed by atoms with Crippen molar-refractivity contribution in [3.05, 3.63) is 252 Å². The van der Waals surface area contributed by atoms with Crippen molar-refractivity contribution in [2.45, 2.75) is 5.41 Å². The van der Waals surface area contributed by atoms with Crippen LogP contribution in [0.5, 0.6) is 0 Å². The molecule has 0 saturated heterocycles. The molecule has 0 heterocycles. The Morgan fingerprint density at radius 3 is 1.29 bits per heavy atom. The van der Waals surface area contributed by atoms with Crippen molar-refractivity contribution < 1.29 is 8.78 Å². The molecule has 0 N–H and O–H groups in total. The number of anilines is 6. The molecule has 0 amide bonds. The third-order valence-electron chi connectivity index (χ3n) is 13.5. The summed E-state index contributed by atoms with van der Waals surface area (Å²) in [6.07, 6.45) is 0. The van der Waals surface area contributed by atoms with Gasteiger partial charge < -0.3 is 9.80 Å². The van der Waals surface area contributed by atoms with E-state index in [0.717, 1.165) is 45.3 Å². The van der Waals surface area contributed by atoms with Gasteiger partial charge in [-0.3, -0.25) is 0 Å². The van der Waals surface area contributed by atoms with Crippen LogP contribution in [0, 0.1) is 11.6 Å². The lowest BCUT2D eigenvalue weighted by Crippen LogP contribution is -2.26. The van der Waals surface area contributed by atoms with Crippen LogP contribution in [0.3, 0.4) is 0 Å². The Balaban J connectivity index is 1.14. The van der Waals surface area contributed by atoms with Crippen molar-refractivity contribution in [2.75, 3.05) is 9.80 Å². The molecule has 1 spiro atoms. The molecule has 0 unspecified atom stereocenters. The lowest BCUT2D eigenvalue weighted by Gasteiger charge is -2.33. The van der Waals surface area contributed by atoms with Crippen molar-refractivity contribution in [2.24, 2.45) is 0 Å². The zero-order chi connectivity index (χ0) is 41.8. The van der Waals surface area contributed by atoms with E-state index < -0.39 is 5.41 Å². The Labute approximate surface area is 364 Å². The quantitative estimate of drug-likeness (QED) is 0.165. The van der Waals surface area contributed by atoms with Crippen LogP contribution in [0.25, 0.3) is 55.3 Å². The predicted molar refractivity (Wildman–Crippen MR) is 254 cm³/mol. The van der Waals surface area contributed by atoms with Gasteiger partial charge in [0.15, 0.2) is 0 Å². The number of halogens is 2. The molecule has 63 heavy (non-hydrogen) atoms. The molecule has 0 aliphatic heterocycles. The summed E-state index contributed by atoms with van der Waals surface area (Å²) in [5.74, 6) is -0.555. The summed E-state index contributed by atoms with van der Waals surface area (Å²) in [4.78, 5) is 4.44. The van der Waals surface area contributed by atoms with Gasteiger partial charge in [0.1, 0.15) is 11.6 Å². The zero-order valence-electron chi connectivity index (χ0n) is 33.9. The van der Waals surface area contributed by atoms with Gasteiger partial charge in [-0.25, -0.2) is 8.78 Å². The molecule has 3 aliphatic carbocycles. The summed E-state index contributed by atoms with van der Waals surface area (Å²) in [7, 11) is 0. The SMILES string of the molecule is Fc1ccc(N(c2ccccc2)c2ccc3c(c2)C2(c4cc(N(c5ccccc5)c5ccc(F)cc5)ccc4-3)c3ccccc3-c3c2cc2c4c(cccc34)-c3ccccc3-2)cc1. The van der Waals surface area contributed by atoms with Gasteiger partial charge in [-0.05, 0) is 181 Å². The molecular formula is C59H36F2N2. The van der Waals surface area contributed by atoms with Gasteiger partial charge in [0.2, 0.25) is 0 Å². The maximum absolute atomic E-state index is 14.5. The van der Waals surface area contributed by atoms with Crippen LogP contribution in [-0.4, -0.2) is 0 Å². The Morgan fingerprint density at radius 2 is 0.730 bits per heavy atom. The third kappa shape index (κ3) is 5.03. The number of fused-ring (bicyclic) bond motifs is 14. The van der Waals surface area contributed by atoms with Crippen LogP contribution in [0.4, 0.5) is 42.9 Å². The number of hydrogen-bond donors (Lipinski definition) is 0. The molecule has 10 aromatic carbocycles. The van der Waals surface area contributed by atoms with Crippen molar-refractivity contribution in [1.29, 1.82) is 0 Å². The monoisotopic (exact) mass is 810 g/mol. The van der Waals surface area contributed by atoms with Crippen LogP contribution in [-0.2, 0) is 5.41 Å². The summed E-state index contributed by atoms with van der Waals surface area (Å²) < 4.78 is 29.0. The van der Waals surface area contributed by atoms with Gasteiger partial charge in [0, 0.05) is 34.1 Å². The number of para-hydroxylation sites is 2. The molecule has 0 saturated carbocycles. The number of rotatable bonds is 6. The van der Waals surface area contributed by atoms with E-state index in [0.29, 0.717) is 0 Å². The highest BCUT2D eigenvalue weighted by molar-refractivity contribution is 6.21. The fourth-order valence-electron chi connectivity index (χ4n) is 11.0. The van der Waals surface area contributed by atoms with Gasteiger partial charge in [0.05, 0.1) is 5.41 Å². The molecule has 4 heteroatoms. The first kappa shape index (κ1) is 35.7. The Morgan fingerprint density at radius 1 is 0.286 bits per heavy atom. The van der Waals surface area contributed by atoms with Crippen molar-refractivity contribution in [3.8, 4) is 44.5 Å². The second kappa shape index (κ2) is 13.5. The van der Waals surface area contributed by atoms with Gasteiger partial charge in [-0.1, -0.05) is 115 Å². The van der Waals surface area contributed by atoms with E-state index >= 15 is 0 Å². The van der Waals surface area contributed by atoms with E-state index in [9.17, 15) is 8.78 Å². The minimum absolute atomic E-state index is 0.277. The van der Waals surface area contributed by atoms with E-state index in [1.165, 1.54) is 90.7 Å². The highest BCUT2D eigenvalue weighted by atomic mass is 19.1. The molecule has 13 rings (SSSR count). The molecule has 0 atom stereocenters. The summed E-state index contributed by atoms with van der Waals surface area (Å²) >= 11 is 0. The van der Waals surface area contributed by atoms with Crippen molar-refractivity contribution >= 4 is 44.9 Å². The molecular weight excluding hydrogens is 775 g/mol. The van der Waals surface area contributed by atoms with E-state index in [1.54, 1.807) is 0 Å².